The van der Waals surface area contributed by atoms with Crippen molar-refractivity contribution in [1.29, 1.82) is 0 Å². The Hall–Kier alpha value is -4.02. The highest BCUT2D eigenvalue weighted by Crippen LogP contribution is 2.29. The summed E-state index contributed by atoms with van der Waals surface area (Å²) in [7, 11) is 3.42. The van der Waals surface area contributed by atoms with Crippen LogP contribution in [0.25, 0.3) is 5.69 Å². The van der Waals surface area contributed by atoms with Gasteiger partial charge < -0.3 is 15.0 Å². The molecule has 0 aliphatic rings. The molecule has 1 aromatic heterocycles. The third-order valence-electron chi connectivity index (χ3n) is 6.85. The van der Waals surface area contributed by atoms with Gasteiger partial charge in [0.15, 0.2) is 0 Å². The number of amides is 2. The summed E-state index contributed by atoms with van der Waals surface area (Å²) in [5.74, 6) is 0.191. The van der Waals surface area contributed by atoms with Gasteiger partial charge in [0.05, 0.1) is 22.4 Å². The molecule has 0 saturated heterocycles. The first-order valence-corrected chi connectivity index (χ1v) is 14.6. The van der Waals surface area contributed by atoms with E-state index < -0.39 is 5.25 Å². The lowest BCUT2D eigenvalue weighted by atomic mass is 10.2. The Bertz CT molecular complexity index is 1670. The van der Waals surface area contributed by atoms with Crippen LogP contribution in [0.4, 0.5) is 10.1 Å². The van der Waals surface area contributed by atoms with Crippen LogP contribution < -0.4 is 15.6 Å². The average molecular weight is 611 g/mol. The molecule has 0 saturated carbocycles. The molecule has 0 aliphatic carbocycles. The van der Waals surface area contributed by atoms with Crippen molar-refractivity contribution in [3.63, 3.8) is 0 Å². The predicted molar refractivity (Wildman–Crippen MR) is 165 cm³/mol. The van der Waals surface area contributed by atoms with Gasteiger partial charge in [0.1, 0.15) is 23.0 Å². The summed E-state index contributed by atoms with van der Waals surface area (Å²) >= 11 is 7.64. The molecule has 1 unspecified atom stereocenters. The summed E-state index contributed by atoms with van der Waals surface area (Å²) in [6.07, 6.45) is 0. The van der Waals surface area contributed by atoms with Crippen LogP contribution in [0.3, 0.4) is 0 Å². The highest BCUT2D eigenvalue weighted by atomic mass is 35.5. The first-order chi connectivity index (χ1) is 20.0. The quantitative estimate of drug-likeness (QED) is 0.235. The van der Waals surface area contributed by atoms with E-state index in [9.17, 15) is 18.8 Å². The number of para-hydroxylation sites is 1. The van der Waals surface area contributed by atoms with Gasteiger partial charge >= 0.3 is 0 Å². The molecule has 0 aliphatic heterocycles. The molecule has 4 rings (SSSR count). The predicted octanol–water partition coefficient (Wildman–Crippen LogP) is 6.10. The fraction of sp³-hybridized carbons (Fsp3) is 0.258. The van der Waals surface area contributed by atoms with Crippen LogP contribution in [0, 0.1) is 19.7 Å². The molecule has 3 aromatic carbocycles. The van der Waals surface area contributed by atoms with Gasteiger partial charge in [-0.15, -0.1) is 11.8 Å². The average Bonchev–Trinajstić information content (AvgIpc) is 3.17. The molecular formula is C31H32ClFN4O4S. The maximum atomic E-state index is 13.5. The zero-order valence-corrected chi connectivity index (χ0v) is 25.6. The maximum absolute atomic E-state index is 13.5. The van der Waals surface area contributed by atoms with Gasteiger partial charge in [-0.1, -0.05) is 35.9 Å². The Kier molecular flexibility index (Phi) is 9.80. The second-order valence-corrected chi connectivity index (χ2v) is 11.6. The Morgan fingerprint density at radius 3 is 2.40 bits per heavy atom. The molecule has 0 bridgehead atoms. The monoisotopic (exact) mass is 610 g/mol. The number of aryl methyl sites for hydroxylation is 1. The number of benzene rings is 3. The number of ether oxygens (including phenoxy) is 1. The van der Waals surface area contributed by atoms with Gasteiger partial charge in [0.2, 0.25) is 11.8 Å². The number of halogens is 2. The van der Waals surface area contributed by atoms with E-state index >= 15 is 0 Å². The molecule has 4 aromatic rings. The second kappa shape index (κ2) is 13.3. The number of hydrogen-bond donors (Lipinski definition) is 1. The molecule has 220 valence electrons. The Labute approximate surface area is 253 Å². The number of rotatable bonds is 10. The smallest absolute Gasteiger partial charge is 0.295 e. The molecule has 8 nitrogen and oxygen atoms in total. The molecule has 0 fully saturated rings. The molecule has 2 amide bonds. The number of carbonyl (C=O) groups is 2. The van der Waals surface area contributed by atoms with Crippen LogP contribution >= 0.6 is 23.4 Å². The van der Waals surface area contributed by atoms with Crippen LogP contribution in [-0.4, -0.2) is 44.1 Å². The van der Waals surface area contributed by atoms with Crippen molar-refractivity contribution in [2.24, 2.45) is 7.05 Å². The van der Waals surface area contributed by atoms with E-state index in [2.05, 4.69) is 5.32 Å². The third kappa shape index (κ3) is 7.06. The van der Waals surface area contributed by atoms with Crippen molar-refractivity contribution < 1.29 is 18.7 Å². The van der Waals surface area contributed by atoms with E-state index in [0.717, 1.165) is 5.56 Å². The summed E-state index contributed by atoms with van der Waals surface area (Å²) in [5, 5.41) is 2.59. The SMILES string of the molecule is Cc1cc(Oc2ccc(CN(C)C(=O)CSC(C)C(=O)Nc3c(C)n(C)n(-c4ccccc4)c3=O)c(Cl)c2)ccc1F. The van der Waals surface area contributed by atoms with Gasteiger partial charge in [-0.2, -0.15) is 0 Å². The number of thioether (sulfide) groups is 1. The molecule has 11 heteroatoms. The Balaban J connectivity index is 1.32. The third-order valence-corrected chi connectivity index (χ3v) is 8.33. The van der Waals surface area contributed by atoms with E-state index in [1.807, 2.05) is 30.3 Å². The van der Waals surface area contributed by atoms with Crippen LogP contribution in [0.5, 0.6) is 11.5 Å². The minimum Gasteiger partial charge on any atom is -0.457 e. The summed E-state index contributed by atoms with van der Waals surface area (Å²) in [6.45, 7) is 5.38. The van der Waals surface area contributed by atoms with E-state index in [1.54, 1.807) is 63.8 Å². The van der Waals surface area contributed by atoms with Gasteiger partial charge in [0.25, 0.3) is 5.56 Å². The van der Waals surface area contributed by atoms with Crippen LogP contribution in [-0.2, 0) is 23.2 Å². The second-order valence-electron chi connectivity index (χ2n) is 9.90. The van der Waals surface area contributed by atoms with Gasteiger partial charge in [-0.3, -0.25) is 19.1 Å². The molecule has 1 atom stereocenters. The highest BCUT2D eigenvalue weighted by molar-refractivity contribution is 8.01. The Morgan fingerprint density at radius 2 is 1.74 bits per heavy atom. The van der Waals surface area contributed by atoms with Crippen LogP contribution in [0.1, 0.15) is 23.7 Å². The lowest BCUT2D eigenvalue weighted by Gasteiger charge is -2.19. The van der Waals surface area contributed by atoms with Crippen molar-refractivity contribution in [2.45, 2.75) is 32.6 Å². The zero-order chi connectivity index (χ0) is 30.6. The van der Waals surface area contributed by atoms with Gasteiger partial charge in [-0.25, -0.2) is 9.07 Å². The van der Waals surface area contributed by atoms with E-state index in [0.29, 0.717) is 33.5 Å². The lowest BCUT2D eigenvalue weighted by Crippen LogP contribution is -2.31. The van der Waals surface area contributed by atoms with E-state index in [-0.39, 0.29) is 41.2 Å². The molecule has 1 heterocycles. The van der Waals surface area contributed by atoms with Crippen molar-refractivity contribution >= 4 is 40.9 Å². The fourth-order valence-corrected chi connectivity index (χ4v) is 5.25. The number of aromatic nitrogens is 2. The summed E-state index contributed by atoms with van der Waals surface area (Å²) < 4.78 is 22.5. The van der Waals surface area contributed by atoms with Gasteiger partial charge in [0, 0.05) is 25.7 Å². The molecular weight excluding hydrogens is 579 g/mol. The highest BCUT2D eigenvalue weighted by Gasteiger charge is 2.22. The normalized spacial score (nSPS) is 11.7. The topological polar surface area (TPSA) is 85.6 Å². The zero-order valence-electron chi connectivity index (χ0n) is 24.0. The fourth-order valence-electron chi connectivity index (χ4n) is 4.20. The molecule has 42 heavy (non-hydrogen) atoms. The van der Waals surface area contributed by atoms with Crippen molar-refractivity contribution in [3.8, 4) is 17.2 Å². The first kappa shape index (κ1) is 30.9. The maximum Gasteiger partial charge on any atom is 0.295 e. The van der Waals surface area contributed by atoms with Crippen LogP contribution in [0.15, 0.2) is 71.5 Å². The Morgan fingerprint density at radius 1 is 1.07 bits per heavy atom. The van der Waals surface area contributed by atoms with E-state index in [4.69, 9.17) is 16.3 Å². The lowest BCUT2D eigenvalue weighted by molar-refractivity contribution is -0.127. The largest absolute Gasteiger partial charge is 0.457 e. The van der Waals surface area contributed by atoms with Crippen LogP contribution in [0.2, 0.25) is 5.02 Å². The number of hydrogen-bond acceptors (Lipinski definition) is 5. The number of carbonyl (C=O) groups excluding carboxylic acids is 2. The van der Waals surface area contributed by atoms with Gasteiger partial charge in [-0.05, 0) is 74.4 Å². The first-order valence-electron chi connectivity index (χ1n) is 13.2. The van der Waals surface area contributed by atoms with E-state index in [1.165, 1.54) is 33.5 Å². The number of nitrogens with zero attached hydrogens (tertiary/aromatic N) is 3. The van der Waals surface area contributed by atoms with Crippen molar-refractivity contribution in [1.82, 2.24) is 14.3 Å². The molecule has 1 N–H and O–H groups in total. The van der Waals surface area contributed by atoms with Crippen molar-refractivity contribution in [2.75, 3.05) is 18.1 Å². The molecule has 0 radical (unpaired) electrons. The number of nitrogens with one attached hydrogen (secondary N) is 1. The minimum atomic E-state index is -0.582. The molecule has 0 spiro atoms. The summed E-state index contributed by atoms with van der Waals surface area (Å²) in [6, 6.07) is 18.8. The van der Waals surface area contributed by atoms with Crippen molar-refractivity contribution in [3.05, 3.63) is 105 Å². The minimum absolute atomic E-state index is 0.0653. The number of anilines is 1. The standard InChI is InChI=1S/C31H32ClFN4O4S/c1-19-15-24(13-14-27(19)33)41-25-12-11-22(26(32)16-25)17-35(4)28(38)18-42-21(3)30(39)34-29-20(2)36(5)37(31(29)40)23-9-7-6-8-10-23/h6-16,21H,17-18H2,1-5H3,(H,34,39). The summed E-state index contributed by atoms with van der Waals surface area (Å²) in [4.78, 5) is 40.4. The summed E-state index contributed by atoms with van der Waals surface area (Å²) in [5.41, 5.74) is 2.38.